The van der Waals surface area contributed by atoms with Crippen LogP contribution in [0.5, 0.6) is 0 Å². The fraction of sp³-hybridized carbons (Fsp3) is 0.600. The second-order valence-electron chi connectivity index (χ2n) is 15.1. The van der Waals surface area contributed by atoms with Gasteiger partial charge in [-0.3, -0.25) is 0 Å². The van der Waals surface area contributed by atoms with Gasteiger partial charge in [0, 0.05) is 71.5 Å². The van der Waals surface area contributed by atoms with Crippen LogP contribution in [0.4, 0.5) is 0 Å². The predicted octanol–water partition coefficient (Wildman–Crippen LogP) is 9.34. The van der Waals surface area contributed by atoms with Crippen LogP contribution < -0.4 is 10.6 Å². The lowest BCUT2D eigenvalue weighted by molar-refractivity contribution is 0.384. The molecule has 6 aliphatic rings. The number of nitrogens with one attached hydrogen (secondary N) is 2. The summed E-state index contributed by atoms with van der Waals surface area (Å²) >= 11 is 0. The molecular formula is C40H52N4. The van der Waals surface area contributed by atoms with Crippen molar-refractivity contribution in [2.24, 2.45) is 0 Å². The first-order chi connectivity index (χ1) is 21.8. The molecule has 4 heterocycles. The van der Waals surface area contributed by atoms with Gasteiger partial charge in [-0.05, 0) is 123 Å². The van der Waals surface area contributed by atoms with Crippen LogP contribution in [0.25, 0.3) is 21.8 Å². The number of benzene rings is 2. The zero-order chi connectivity index (χ0) is 29.0. The Hall–Kier alpha value is -2.56. The lowest BCUT2D eigenvalue weighted by Gasteiger charge is -2.31. The van der Waals surface area contributed by atoms with Gasteiger partial charge in [-0.1, -0.05) is 50.7 Å². The van der Waals surface area contributed by atoms with E-state index in [4.69, 9.17) is 0 Å². The molecule has 2 atom stereocenters. The van der Waals surface area contributed by atoms with Crippen molar-refractivity contribution in [3.63, 3.8) is 0 Å². The Kier molecular flexibility index (Phi) is 7.35. The first kappa shape index (κ1) is 27.7. The van der Waals surface area contributed by atoms with Gasteiger partial charge in [0.25, 0.3) is 0 Å². The Morgan fingerprint density at radius 3 is 1.41 bits per heavy atom. The van der Waals surface area contributed by atoms with E-state index in [0.29, 0.717) is 12.1 Å². The second-order valence-corrected chi connectivity index (χ2v) is 15.1. The van der Waals surface area contributed by atoms with Crippen LogP contribution in [0.15, 0.2) is 36.4 Å². The molecule has 4 aliphatic carbocycles. The molecule has 0 amide bonds. The Labute approximate surface area is 264 Å². The molecule has 2 aliphatic heterocycles. The lowest BCUT2D eigenvalue weighted by atomic mass is 9.83. The van der Waals surface area contributed by atoms with Crippen molar-refractivity contribution in [3.05, 3.63) is 70.0 Å². The highest BCUT2D eigenvalue weighted by atomic mass is 15.1. The average molecular weight is 589 g/mol. The number of rotatable bonds is 2. The van der Waals surface area contributed by atoms with E-state index in [1.165, 1.54) is 114 Å². The summed E-state index contributed by atoms with van der Waals surface area (Å²) in [7, 11) is 0. The van der Waals surface area contributed by atoms with Gasteiger partial charge in [0.2, 0.25) is 0 Å². The van der Waals surface area contributed by atoms with E-state index in [9.17, 15) is 0 Å². The fourth-order valence-corrected chi connectivity index (χ4v) is 10.4. The number of hydrogen-bond acceptors (Lipinski definition) is 2. The van der Waals surface area contributed by atoms with Crippen LogP contribution in [0.3, 0.4) is 0 Å². The van der Waals surface area contributed by atoms with Gasteiger partial charge in [-0.2, -0.15) is 0 Å². The highest BCUT2D eigenvalue weighted by molar-refractivity contribution is 5.88. The molecule has 2 aromatic heterocycles. The van der Waals surface area contributed by atoms with Crippen molar-refractivity contribution < 1.29 is 0 Å². The Morgan fingerprint density at radius 1 is 0.500 bits per heavy atom. The summed E-state index contributed by atoms with van der Waals surface area (Å²) in [6.45, 7) is 4.55. The Morgan fingerprint density at radius 2 is 0.955 bits per heavy atom. The quantitative estimate of drug-likeness (QED) is 0.245. The van der Waals surface area contributed by atoms with Gasteiger partial charge in [0.15, 0.2) is 0 Å². The molecule has 2 fully saturated rings. The molecule has 10 rings (SSSR count). The summed E-state index contributed by atoms with van der Waals surface area (Å²) in [4.78, 5) is 0. The summed E-state index contributed by atoms with van der Waals surface area (Å²) in [6.07, 6.45) is 22.1. The first-order valence-electron chi connectivity index (χ1n) is 18.6. The van der Waals surface area contributed by atoms with Gasteiger partial charge in [-0.25, -0.2) is 0 Å². The molecule has 2 unspecified atom stereocenters. The van der Waals surface area contributed by atoms with Crippen LogP contribution in [-0.2, 0) is 25.9 Å². The van der Waals surface area contributed by atoms with Crippen molar-refractivity contribution in [1.29, 1.82) is 0 Å². The maximum atomic E-state index is 3.74. The molecule has 2 aromatic carbocycles. The minimum atomic E-state index is 0.614. The number of aryl methyl sites for hydroxylation is 2. The highest BCUT2D eigenvalue weighted by Crippen LogP contribution is 2.43. The molecule has 4 nitrogen and oxygen atoms in total. The fourth-order valence-electron chi connectivity index (χ4n) is 10.4. The standard InChI is InChI=1S/2C20H26N2/c2*1-2-5-14(6-3-1)15-9-10-19-17(13-15)16-7-4-8-18-20(16)22(19)12-11-21-18/h2*9-10,13-14,18,21H,1-8,11-12H2. The Balaban J connectivity index is 0.000000123. The molecule has 0 saturated heterocycles. The summed E-state index contributed by atoms with van der Waals surface area (Å²) in [5, 5.41) is 10.6. The molecule has 0 bridgehead atoms. The smallest absolute Gasteiger partial charge is 0.0486 e. The van der Waals surface area contributed by atoms with E-state index in [0.717, 1.165) is 38.0 Å². The normalized spacial score (nSPS) is 25.4. The summed E-state index contributed by atoms with van der Waals surface area (Å²) in [5.74, 6) is 1.64. The molecule has 2 N–H and O–H groups in total. The van der Waals surface area contributed by atoms with Crippen LogP contribution in [0.2, 0.25) is 0 Å². The van der Waals surface area contributed by atoms with Crippen LogP contribution in [0.1, 0.15) is 147 Å². The summed E-state index contributed by atoms with van der Waals surface area (Å²) < 4.78 is 5.24. The predicted molar refractivity (Wildman–Crippen MR) is 183 cm³/mol. The SMILES string of the molecule is c1cc2c(cc1C1CCCCC1)c1c3n2CCNC3CCC1.c1cc2c(cc1C1CCCCC1)c1c3n2CCNC3CCC1. The molecular weight excluding hydrogens is 536 g/mol. The summed E-state index contributed by atoms with van der Waals surface area (Å²) in [5.41, 5.74) is 12.8. The van der Waals surface area contributed by atoms with E-state index in [1.807, 2.05) is 0 Å². The molecule has 0 radical (unpaired) electrons. The minimum absolute atomic E-state index is 0.614. The van der Waals surface area contributed by atoms with Crippen molar-refractivity contribution in [3.8, 4) is 0 Å². The van der Waals surface area contributed by atoms with E-state index < -0.39 is 0 Å². The number of aromatic nitrogens is 2. The maximum absolute atomic E-state index is 3.74. The van der Waals surface area contributed by atoms with Gasteiger partial charge in [0.05, 0.1) is 0 Å². The van der Waals surface area contributed by atoms with Gasteiger partial charge in [-0.15, -0.1) is 0 Å². The number of nitrogens with zero attached hydrogens (tertiary/aromatic N) is 2. The van der Waals surface area contributed by atoms with E-state index in [1.54, 1.807) is 44.4 Å². The number of hydrogen-bond donors (Lipinski definition) is 2. The van der Waals surface area contributed by atoms with Crippen LogP contribution in [-0.4, -0.2) is 22.2 Å². The molecule has 4 aromatic rings. The number of fused-ring (bicyclic) bond motifs is 6. The maximum Gasteiger partial charge on any atom is 0.0486 e. The van der Waals surface area contributed by atoms with Crippen LogP contribution >= 0.6 is 0 Å². The topological polar surface area (TPSA) is 33.9 Å². The molecule has 232 valence electrons. The van der Waals surface area contributed by atoms with Crippen molar-refractivity contribution >= 4 is 21.8 Å². The zero-order valence-corrected chi connectivity index (χ0v) is 26.8. The largest absolute Gasteiger partial charge is 0.342 e. The highest BCUT2D eigenvalue weighted by Gasteiger charge is 2.31. The lowest BCUT2D eigenvalue weighted by Crippen LogP contribution is -2.35. The average Bonchev–Trinajstić information content (AvgIpc) is 3.60. The van der Waals surface area contributed by atoms with E-state index in [-0.39, 0.29) is 0 Å². The third-order valence-corrected chi connectivity index (χ3v) is 12.6. The summed E-state index contributed by atoms with van der Waals surface area (Å²) in [6, 6.07) is 16.1. The van der Waals surface area contributed by atoms with Gasteiger partial charge in [0.1, 0.15) is 0 Å². The van der Waals surface area contributed by atoms with E-state index in [2.05, 4.69) is 56.2 Å². The molecule has 44 heavy (non-hydrogen) atoms. The second kappa shape index (κ2) is 11.7. The third-order valence-electron chi connectivity index (χ3n) is 12.6. The van der Waals surface area contributed by atoms with E-state index >= 15 is 0 Å². The van der Waals surface area contributed by atoms with Crippen LogP contribution in [0, 0.1) is 0 Å². The molecule has 0 spiro atoms. The monoisotopic (exact) mass is 588 g/mol. The van der Waals surface area contributed by atoms with Crippen molar-refractivity contribution in [2.75, 3.05) is 13.1 Å². The van der Waals surface area contributed by atoms with Gasteiger partial charge < -0.3 is 19.8 Å². The Bertz CT molecular complexity index is 1530. The minimum Gasteiger partial charge on any atom is -0.342 e. The van der Waals surface area contributed by atoms with Crippen molar-refractivity contribution in [1.82, 2.24) is 19.8 Å². The van der Waals surface area contributed by atoms with Gasteiger partial charge >= 0.3 is 0 Å². The van der Waals surface area contributed by atoms with Crippen molar-refractivity contribution in [2.45, 2.75) is 140 Å². The molecule has 4 heteroatoms. The molecule has 2 saturated carbocycles. The zero-order valence-electron chi connectivity index (χ0n) is 26.8. The first-order valence-corrected chi connectivity index (χ1v) is 18.6. The third kappa shape index (κ3) is 4.69.